The van der Waals surface area contributed by atoms with E-state index in [1.807, 2.05) is 0 Å². The second kappa shape index (κ2) is 11.0. The third-order valence-electron chi connectivity index (χ3n) is 10.3. The first kappa shape index (κ1) is 24.3. The van der Waals surface area contributed by atoms with Crippen molar-refractivity contribution >= 4 is 0 Å². The lowest BCUT2D eigenvalue weighted by Gasteiger charge is -2.39. The second-order valence-corrected chi connectivity index (χ2v) is 11.7. The minimum absolute atomic E-state index is 0.722. The molecule has 3 aliphatic rings. The molecule has 1 aliphatic heterocycles. The zero-order valence-corrected chi connectivity index (χ0v) is 21.2. The van der Waals surface area contributed by atoms with Crippen molar-refractivity contribution in [2.24, 2.45) is 53.3 Å². The zero-order chi connectivity index (χ0) is 21.8. The predicted molar refractivity (Wildman–Crippen MR) is 133 cm³/mol. The van der Waals surface area contributed by atoms with Crippen LogP contribution in [0.25, 0.3) is 0 Å². The lowest BCUT2D eigenvalue weighted by molar-refractivity contribution is 0.112. The molecule has 0 aromatic rings. The van der Waals surface area contributed by atoms with Crippen LogP contribution in [0.15, 0.2) is 12.7 Å². The summed E-state index contributed by atoms with van der Waals surface area (Å²) in [6.45, 7) is 19.0. The van der Waals surface area contributed by atoms with E-state index in [-0.39, 0.29) is 0 Å². The molecule has 0 spiro atoms. The highest BCUT2D eigenvalue weighted by atomic mass is 15.0. The fraction of sp³-hybridized carbons (Fsp3) is 0.931. The van der Waals surface area contributed by atoms with Crippen molar-refractivity contribution in [2.75, 3.05) is 0 Å². The van der Waals surface area contributed by atoms with E-state index in [9.17, 15) is 0 Å². The molecule has 3 rings (SSSR count). The summed E-state index contributed by atoms with van der Waals surface area (Å²) >= 11 is 0. The minimum atomic E-state index is 0.722. The first-order chi connectivity index (χ1) is 14.4. The Labute approximate surface area is 189 Å². The Balaban J connectivity index is 1.69. The molecule has 3 fully saturated rings. The average Bonchev–Trinajstić information content (AvgIpc) is 3.27. The van der Waals surface area contributed by atoms with Gasteiger partial charge in [0.1, 0.15) is 0 Å². The van der Waals surface area contributed by atoms with E-state index in [1.165, 1.54) is 64.2 Å². The van der Waals surface area contributed by atoms with Crippen molar-refractivity contribution in [3.63, 3.8) is 0 Å². The molecule has 2 saturated carbocycles. The molecule has 0 radical (unpaired) electrons. The molecule has 0 amide bonds. The van der Waals surface area contributed by atoms with Crippen LogP contribution in [-0.2, 0) is 0 Å². The van der Waals surface area contributed by atoms with E-state index in [1.54, 1.807) is 0 Å². The molecule has 0 aromatic heterocycles. The molecule has 1 N–H and O–H groups in total. The fourth-order valence-electron chi connectivity index (χ4n) is 8.28. The average molecular weight is 416 g/mol. The number of hydrogen-bond donors (Lipinski definition) is 1. The molecule has 9 atom stereocenters. The van der Waals surface area contributed by atoms with Crippen molar-refractivity contribution < 1.29 is 0 Å². The Hall–Kier alpha value is -0.300. The van der Waals surface area contributed by atoms with Crippen LogP contribution in [0.5, 0.6) is 0 Å². The third kappa shape index (κ3) is 5.02. The van der Waals surface area contributed by atoms with Crippen LogP contribution in [0.1, 0.15) is 106 Å². The van der Waals surface area contributed by atoms with Crippen molar-refractivity contribution in [1.82, 2.24) is 5.32 Å². The van der Waals surface area contributed by atoms with Crippen LogP contribution < -0.4 is 5.32 Å². The Kier molecular flexibility index (Phi) is 8.94. The van der Waals surface area contributed by atoms with Crippen molar-refractivity contribution in [3.05, 3.63) is 12.7 Å². The summed E-state index contributed by atoms with van der Waals surface area (Å²) in [5, 5.41) is 4.26. The largest absolute Gasteiger partial charge is 0.310 e. The van der Waals surface area contributed by atoms with Gasteiger partial charge in [0.05, 0.1) is 0 Å². The molecule has 174 valence electrons. The minimum Gasteiger partial charge on any atom is -0.310 e. The summed E-state index contributed by atoms with van der Waals surface area (Å²) in [5.41, 5.74) is 0. The van der Waals surface area contributed by atoms with E-state index in [0.717, 1.165) is 65.3 Å². The SMILES string of the molecule is C=CC(CC)CC1CCC(C2NC(CC)C(C(CC)C3CCC(C)CC3)C2C)C1C. The number of nitrogens with one attached hydrogen (secondary N) is 1. The summed E-state index contributed by atoms with van der Waals surface area (Å²) in [6, 6.07) is 1.50. The molecule has 1 nitrogen and oxygen atoms in total. The molecule has 2 aliphatic carbocycles. The van der Waals surface area contributed by atoms with E-state index in [2.05, 4.69) is 59.5 Å². The first-order valence-corrected chi connectivity index (χ1v) is 13.8. The fourth-order valence-corrected chi connectivity index (χ4v) is 8.28. The zero-order valence-electron chi connectivity index (χ0n) is 21.2. The van der Waals surface area contributed by atoms with Crippen LogP contribution in [-0.4, -0.2) is 12.1 Å². The molecule has 1 saturated heterocycles. The molecular weight excluding hydrogens is 362 g/mol. The lowest BCUT2D eigenvalue weighted by Crippen LogP contribution is -2.39. The standard InChI is InChI=1S/C29H53N/c1-8-22(9-2)18-24-16-17-26(20(24)6)29-21(7)28(27(11-4)30-29)25(10-3)23-14-12-19(5)13-15-23/h8,19-30H,1,9-18H2,2-7H3. The molecule has 0 aromatic carbocycles. The summed E-state index contributed by atoms with van der Waals surface area (Å²) in [6.07, 6.45) is 16.4. The highest BCUT2D eigenvalue weighted by Gasteiger charge is 2.50. The van der Waals surface area contributed by atoms with Gasteiger partial charge in [-0.25, -0.2) is 0 Å². The molecule has 9 unspecified atom stereocenters. The maximum absolute atomic E-state index is 4.26. The summed E-state index contributed by atoms with van der Waals surface area (Å²) < 4.78 is 0. The van der Waals surface area contributed by atoms with Gasteiger partial charge < -0.3 is 5.32 Å². The van der Waals surface area contributed by atoms with Gasteiger partial charge in [-0.2, -0.15) is 0 Å². The van der Waals surface area contributed by atoms with E-state index < -0.39 is 0 Å². The normalized spacial score (nSPS) is 44.1. The van der Waals surface area contributed by atoms with Gasteiger partial charge in [0.2, 0.25) is 0 Å². The summed E-state index contributed by atoms with van der Waals surface area (Å²) in [7, 11) is 0. The van der Waals surface area contributed by atoms with E-state index in [4.69, 9.17) is 0 Å². The highest BCUT2D eigenvalue weighted by molar-refractivity contribution is 5.04. The van der Waals surface area contributed by atoms with E-state index in [0.29, 0.717) is 0 Å². The molecule has 1 heteroatoms. The van der Waals surface area contributed by atoms with Gasteiger partial charge in [-0.1, -0.05) is 66.9 Å². The van der Waals surface area contributed by atoms with Crippen molar-refractivity contribution in [1.29, 1.82) is 0 Å². The summed E-state index contributed by atoms with van der Waals surface area (Å²) in [5.74, 6) is 8.01. The Bertz CT molecular complexity index is 518. The monoisotopic (exact) mass is 415 g/mol. The van der Waals surface area contributed by atoms with Crippen molar-refractivity contribution in [3.8, 4) is 0 Å². The van der Waals surface area contributed by atoms with E-state index >= 15 is 0 Å². The number of allylic oxidation sites excluding steroid dienone is 1. The second-order valence-electron chi connectivity index (χ2n) is 11.7. The van der Waals surface area contributed by atoms with Crippen LogP contribution in [0.2, 0.25) is 0 Å². The van der Waals surface area contributed by atoms with Gasteiger partial charge in [-0.15, -0.1) is 6.58 Å². The van der Waals surface area contributed by atoms with Crippen LogP contribution >= 0.6 is 0 Å². The molecular formula is C29H53N. The van der Waals surface area contributed by atoms with Crippen LogP contribution in [0.4, 0.5) is 0 Å². The molecule has 0 bridgehead atoms. The van der Waals surface area contributed by atoms with Crippen LogP contribution in [0.3, 0.4) is 0 Å². The highest BCUT2D eigenvalue weighted by Crippen LogP contribution is 2.50. The number of hydrogen-bond acceptors (Lipinski definition) is 1. The lowest BCUT2D eigenvalue weighted by atomic mass is 9.65. The maximum Gasteiger partial charge on any atom is 0.0130 e. The number of rotatable bonds is 9. The predicted octanol–water partition coefficient (Wildman–Crippen LogP) is 8.11. The van der Waals surface area contributed by atoms with Gasteiger partial charge in [0.15, 0.2) is 0 Å². The Morgan fingerprint density at radius 2 is 1.60 bits per heavy atom. The van der Waals surface area contributed by atoms with Gasteiger partial charge in [0.25, 0.3) is 0 Å². The third-order valence-corrected chi connectivity index (χ3v) is 10.3. The molecule has 30 heavy (non-hydrogen) atoms. The van der Waals surface area contributed by atoms with Gasteiger partial charge in [0, 0.05) is 12.1 Å². The van der Waals surface area contributed by atoms with Gasteiger partial charge in [-0.3, -0.25) is 0 Å². The Morgan fingerprint density at radius 3 is 2.17 bits per heavy atom. The van der Waals surface area contributed by atoms with Crippen molar-refractivity contribution in [2.45, 2.75) is 118 Å². The first-order valence-electron chi connectivity index (χ1n) is 13.8. The summed E-state index contributed by atoms with van der Waals surface area (Å²) in [4.78, 5) is 0. The van der Waals surface area contributed by atoms with Gasteiger partial charge >= 0.3 is 0 Å². The molecule has 1 heterocycles. The quantitative estimate of drug-likeness (QED) is 0.375. The smallest absolute Gasteiger partial charge is 0.0130 e. The Morgan fingerprint density at radius 1 is 0.900 bits per heavy atom. The topological polar surface area (TPSA) is 12.0 Å². The maximum atomic E-state index is 4.26. The van der Waals surface area contributed by atoms with Crippen LogP contribution in [0, 0.1) is 53.3 Å². The van der Waals surface area contributed by atoms with Gasteiger partial charge in [-0.05, 0) is 98.2 Å².